The van der Waals surface area contributed by atoms with Crippen molar-refractivity contribution in [1.82, 2.24) is 0 Å². The van der Waals surface area contributed by atoms with Gasteiger partial charge in [0.1, 0.15) is 13.1 Å². The van der Waals surface area contributed by atoms with E-state index in [1.54, 1.807) is 0 Å². The summed E-state index contributed by atoms with van der Waals surface area (Å²) in [4.78, 5) is 0. The highest BCUT2D eigenvalue weighted by Gasteiger charge is 2.23. The van der Waals surface area contributed by atoms with Gasteiger partial charge in [-0.3, -0.25) is 0 Å². The van der Waals surface area contributed by atoms with E-state index in [0.29, 0.717) is 0 Å². The maximum absolute atomic E-state index is 5.32. The van der Waals surface area contributed by atoms with Gasteiger partial charge in [0.05, 0.1) is 26.8 Å². The Balaban J connectivity index is 2.25. The number of ether oxygens (including phenoxy) is 1. The minimum Gasteiger partial charge on any atom is -0.370 e. The molecule has 1 heterocycles. The largest absolute Gasteiger partial charge is 0.370 e. The van der Waals surface area contributed by atoms with E-state index < -0.39 is 0 Å². The molecule has 0 N–H and O–H groups in total. The lowest BCUT2D eigenvalue weighted by atomic mass is 10.3. The third-order valence-corrected chi connectivity index (χ3v) is 2.94. The second-order valence-corrected chi connectivity index (χ2v) is 4.24. The Morgan fingerprint density at radius 2 is 2.00 bits per heavy atom. The maximum Gasteiger partial charge on any atom is 0.102 e. The number of morpholine rings is 1. The van der Waals surface area contributed by atoms with E-state index in [0.717, 1.165) is 18.5 Å². The second kappa shape index (κ2) is 4.43. The molecule has 0 amide bonds. The molecule has 1 rings (SSSR count). The Morgan fingerprint density at radius 3 is 2.55 bits per heavy atom. The van der Waals surface area contributed by atoms with Gasteiger partial charge in [0.15, 0.2) is 0 Å². The van der Waals surface area contributed by atoms with Crippen LogP contribution in [0.25, 0.3) is 0 Å². The molecule has 0 bridgehead atoms. The van der Waals surface area contributed by atoms with Gasteiger partial charge in [-0.1, -0.05) is 15.9 Å². The summed E-state index contributed by atoms with van der Waals surface area (Å²) in [5, 5.41) is 1.13. The lowest BCUT2D eigenvalue weighted by Gasteiger charge is -2.37. The summed E-state index contributed by atoms with van der Waals surface area (Å²) >= 11 is 3.46. The summed E-state index contributed by atoms with van der Waals surface area (Å²) in [6.07, 6.45) is 1.27. The number of nitrogens with zero attached hydrogens (tertiary/aromatic N) is 1. The van der Waals surface area contributed by atoms with Crippen molar-refractivity contribution >= 4 is 15.9 Å². The second-order valence-electron chi connectivity index (χ2n) is 3.45. The lowest BCUT2D eigenvalue weighted by molar-refractivity contribution is -0.916. The van der Waals surface area contributed by atoms with E-state index in [-0.39, 0.29) is 0 Å². The van der Waals surface area contributed by atoms with Crippen molar-refractivity contribution in [3.63, 3.8) is 0 Å². The smallest absolute Gasteiger partial charge is 0.102 e. The Bertz CT molecular complexity index is 113. The quantitative estimate of drug-likeness (QED) is 0.516. The summed E-state index contributed by atoms with van der Waals surface area (Å²) in [5.41, 5.74) is 0. The third-order valence-electron chi connectivity index (χ3n) is 2.38. The van der Waals surface area contributed by atoms with Gasteiger partial charge in [-0.2, -0.15) is 0 Å². The molecule has 0 spiro atoms. The monoisotopic (exact) mass is 222 g/mol. The first-order valence-electron chi connectivity index (χ1n) is 4.24. The first-order chi connectivity index (χ1) is 5.27. The number of likely N-dealkylation sites (N-methyl/N-ethyl adjacent to an activating group) is 1. The van der Waals surface area contributed by atoms with Crippen LogP contribution in [0.3, 0.4) is 0 Å². The maximum atomic E-state index is 5.32. The van der Waals surface area contributed by atoms with Crippen LogP contribution < -0.4 is 0 Å². The lowest BCUT2D eigenvalue weighted by Crippen LogP contribution is -2.52. The minimum absolute atomic E-state index is 0.943. The van der Waals surface area contributed by atoms with Crippen LogP contribution >= 0.6 is 15.9 Å². The molecule has 0 aromatic carbocycles. The molecule has 11 heavy (non-hydrogen) atoms. The molecule has 3 heteroatoms. The first kappa shape index (κ1) is 9.49. The molecule has 2 nitrogen and oxygen atoms in total. The SMILES string of the molecule is C[N+]1(CCCBr)CCOCC1. The van der Waals surface area contributed by atoms with Crippen LogP contribution in [0.15, 0.2) is 0 Å². The van der Waals surface area contributed by atoms with Gasteiger partial charge < -0.3 is 9.22 Å². The summed E-state index contributed by atoms with van der Waals surface area (Å²) in [7, 11) is 2.32. The average molecular weight is 223 g/mol. The number of hydrogen-bond donors (Lipinski definition) is 0. The Hall–Kier alpha value is 0.400. The van der Waals surface area contributed by atoms with Crippen LogP contribution in [-0.4, -0.2) is 49.7 Å². The van der Waals surface area contributed by atoms with Crippen LogP contribution in [0.2, 0.25) is 0 Å². The number of alkyl halides is 1. The molecule has 0 saturated carbocycles. The number of rotatable bonds is 3. The molecule has 66 valence electrons. The molecule has 1 fully saturated rings. The zero-order valence-corrected chi connectivity index (χ0v) is 8.77. The zero-order valence-electron chi connectivity index (χ0n) is 7.18. The molecular weight excluding hydrogens is 206 g/mol. The molecule has 1 saturated heterocycles. The highest BCUT2D eigenvalue weighted by Crippen LogP contribution is 2.08. The highest BCUT2D eigenvalue weighted by molar-refractivity contribution is 9.09. The van der Waals surface area contributed by atoms with Gasteiger partial charge in [-0.05, 0) is 0 Å². The van der Waals surface area contributed by atoms with E-state index in [4.69, 9.17) is 4.74 Å². The van der Waals surface area contributed by atoms with Crippen molar-refractivity contribution in [3.8, 4) is 0 Å². The predicted octanol–water partition coefficient (Wildman–Crippen LogP) is 1.25. The predicted molar refractivity (Wildman–Crippen MR) is 50.0 cm³/mol. The van der Waals surface area contributed by atoms with Crippen LogP contribution in [-0.2, 0) is 4.74 Å². The summed E-state index contributed by atoms with van der Waals surface area (Å²) in [6, 6.07) is 0. The van der Waals surface area contributed by atoms with Gasteiger partial charge >= 0.3 is 0 Å². The van der Waals surface area contributed by atoms with Crippen molar-refractivity contribution in [2.75, 3.05) is 45.2 Å². The van der Waals surface area contributed by atoms with E-state index in [9.17, 15) is 0 Å². The fourth-order valence-corrected chi connectivity index (χ4v) is 1.70. The highest BCUT2D eigenvalue weighted by atomic mass is 79.9. The topological polar surface area (TPSA) is 9.23 Å². The Morgan fingerprint density at radius 1 is 1.36 bits per heavy atom. The Labute approximate surface area is 77.2 Å². The zero-order chi connectivity index (χ0) is 8.16. The number of halogens is 1. The van der Waals surface area contributed by atoms with Crippen LogP contribution in [0.1, 0.15) is 6.42 Å². The standard InChI is InChI=1S/C8H17BrNO/c1-10(4-2-3-9)5-7-11-8-6-10/h2-8H2,1H3/q+1. The van der Waals surface area contributed by atoms with Crippen molar-refractivity contribution in [2.45, 2.75) is 6.42 Å². The van der Waals surface area contributed by atoms with Crippen molar-refractivity contribution < 1.29 is 9.22 Å². The summed E-state index contributed by atoms with van der Waals surface area (Å²) in [6.45, 7) is 5.55. The van der Waals surface area contributed by atoms with E-state index in [2.05, 4.69) is 23.0 Å². The average Bonchev–Trinajstić information content (AvgIpc) is 2.03. The number of quaternary nitrogens is 1. The van der Waals surface area contributed by atoms with E-state index in [1.807, 2.05) is 0 Å². The molecule has 0 unspecified atom stereocenters. The van der Waals surface area contributed by atoms with Crippen molar-refractivity contribution in [3.05, 3.63) is 0 Å². The fourth-order valence-electron chi connectivity index (χ4n) is 1.45. The molecule has 0 aromatic heterocycles. The normalized spacial score (nSPS) is 23.5. The number of hydrogen-bond acceptors (Lipinski definition) is 1. The summed E-state index contributed by atoms with van der Waals surface area (Å²) < 4.78 is 6.52. The van der Waals surface area contributed by atoms with Gasteiger partial charge in [-0.15, -0.1) is 0 Å². The Kier molecular flexibility index (Phi) is 3.82. The van der Waals surface area contributed by atoms with Gasteiger partial charge in [0, 0.05) is 11.8 Å². The molecule has 0 radical (unpaired) electrons. The van der Waals surface area contributed by atoms with E-state index >= 15 is 0 Å². The van der Waals surface area contributed by atoms with Crippen LogP contribution in [0, 0.1) is 0 Å². The van der Waals surface area contributed by atoms with Gasteiger partial charge in [-0.25, -0.2) is 0 Å². The molecule has 0 aromatic rings. The fraction of sp³-hybridized carbons (Fsp3) is 1.00. The molecule has 0 atom stereocenters. The third kappa shape index (κ3) is 3.09. The van der Waals surface area contributed by atoms with Crippen molar-refractivity contribution in [2.24, 2.45) is 0 Å². The van der Waals surface area contributed by atoms with Crippen molar-refractivity contribution in [1.29, 1.82) is 0 Å². The minimum atomic E-state index is 0.943. The first-order valence-corrected chi connectivity index (χ1v) is 5.36. The molecular formula is C8H17BrNO+. The molecule has 1 aliphatic heterocycles. The molecule has 1 aliphatic rings. The van der Waals surface area contributed by atoms with Crippen LogP contribution in [0.4, 0.5) is 0 Å². The molecule has 0 aliphatic carbocycles. The van der Waals surface area contributed by atoms with Gasteiger partial charge in [0.25, 0.3) is 0 Å². The summed E-state index contributed by atoms with van der Waals surface area (Å²) in [5.74, 6) is 0. The van der Waals surface area contributed by atoms with E-state index in [1.165, 1.54) is 30.5 Å². The van der Waals surface area contributed by atoms with Crippen LogP contribution in [0.5, 0.6) is 0 Å². The van der Waals surface area contributed by atoms with Gasteiger partial charge in [0.2, 0.25) is 0 Å².